The van der Waals surface area contributed by atoms with Crippen LogP contribution in [0.5, 0.6) is 17.2 Å². The maximum Gasteiger partial charge on any atom is 0.269 e. The molecule has 132 valence electrons. The molecule has 0 saturated carbocycles. The van der Waals surface area contributed by atoms with Crippen molar-refractivity contribution in [3.63, 3.8) is 0 Å². The van der Waals surface area contributed by atoms with Gasteiger partial charge in [-0.25, -0.2) is 0 Å². The molecule has 1 amide bonds. The number of methoxy groups -OCH3 is 1. The van der Waals surface area contributed by atoms with Crippen LogP contribution in [0.2, 0.25) is 0 Å². The number of nitrogens with zero attached hydrogens (tertiary/aromatic N) is 1. The summed E-state index contributed by atoms with van der Waals surface area (Å²) < 4.78 is 16.0. The van der Waals surface area contributed by atoms with E-state index < -0.39 is 0 Å². The number of benzene rings is 2. The molecule has 26 heavy (non-hydrogen) atoms. The lowest BCUT2D eigenvalue weighted by Gasteiger charge is -2.05. The smallest absolute Gasteiger partial charge is 0.269 e. The Balaban J connectivity index is 1.45. The second kappa shape index (κ2) is 6.79. The van der Waals surface area contributed by atoms with Gasteiger partial charge in [0.25, 0.3) is 5.91 Å². The zero-order valence-electron chi connectivity index (χ0n) is 14.1. The van der Waals surface area contributed by atoms with Crippen molar-refractivity contribution >= 4 is 5.91 Å². The maximum atomic E-state index is 12.4. The van der Waals surface area contributed by atoms with Gasteiger partial charge in [0.1, 0.15) is 11.4 Å². The third kappa shape index (κ3) is 3.06. The van der Waals surface area contributed by atoms with Gasteiger partial charge in [0.15, 0.2) is 11.5 Å². The summed E-state index contributed by atoms with van der Waals surface area (Å²) in [5, 5.41) is 9.85. The van der Waals surface area contributed by atoms with E-state index in [1.165, 1.54) is 0 Å². The van der Waals surface area contributed by atoms with E-state index >= 15 is 0 Å². The fourth-order valence-corrected chi connectivity index (χ4v) is 2.76. The van der Waals surface area contributed by atoms with Gasteiger partial charge in [-0.15, -0.1) is 0 Å². The number of aromatic nitrogens is 2. The van der Waals surface area contributed by atoms with Crippen LogP contribution in [0.15, 0.2) is 48.5 Å². The van der Waals surface area contributed by atoms with Gasteiger partial charge in [-0.1, -0.05) is 18.2 Å². The zero-order chi connectivity index (χ0) is 17.9. The third-order valence-electron chi connectivity index (χ3n) is 4.10. The highest BCUT2D eigenvalue weighted by Crippen LogP contribution is 2.32. The summed E-state index contributed by atoms with van der Waals surface area (Å²) in [6, 6.07) is 14.8. The van der Waals surface area contributed by atoms with Gasteiger partial charge in [0.2, 0.25) is 6.79 Å². The summed E-state index contributed by atoms with van der Waals surface area (Å²) in [5.41, 5.74) is 2.77. The summed E-state index contributed by atoms with van der Waals surface area (Å²) in [4.78, 5) is 12.4. The fraction of sp³-hybridized carbons (Fsp3) is 0.158. The number of amides is 1. The van der Waals surface area contributed by atoms with Gasteiger partial charge in [0, 0.05) is 12.1 Å². The van der Waals surface area contributed by atoms with Crippen molar-refractivity contribution in [2.45, 2.75) is 6.54 Å². The molecule has 0 spiro atoms. The van der Waals surface area contributed by atoms with Gasteiger partial charge in [-0.05, 0) is 35.9 Å². The summed E-state index contributed by atoms with van der Waals surface area (Å²) >= 11 is 0. The van der Waals surface area contributed by atoms with Crippen LogP contribution in [0.3, 0.4) is 0 Å². The average molecular weight is 351 g/mol. The highest BCUT2D eigenvalue weighted by atomic mass is 16.7. The van der Waals surface area contributed by atoms with Gasteiger partial charge >= 0.3 is 0 Å². The lowest BCUT2D eigenvalue weighted by atomic mass is 10.1. The minimum atomic E-state index is -0.240. The van der Waals surface area contributed by atoms with Crippen molar-refractivity contribution in [2.24, 2.45) is 0 Å². The van der Waals surface area contributed by atoms with Crippen LogP contribution in [-0.2, 0) is 6.54 Å². The number of ether oxygens (including phenoxy) is 3. The predicted octanol–water partition coefficient (Wildman–Crippen LogP) is 2.74. The quantitative estimate of drug-likeness (QED) is 0.738. The molecule has 0 radical (unpaired) electrons. The van der Waals surface area contributed by atoms with E-state index in [0.29, 0.717) is 29.4 Å². The van der Waals surface area contributed by atoms with Gasteiger partial charge < -0.3 is 19.5 Å². The summed E-state index contributed by atoms with van der Waals surface area (Å²) in [6.07, 6.45) is 0. The van der Waals surface area contributed by atoms with Crippen LogP contribution >= 0.6 is 0 Å². The Hall–Kier alpha value is -3.48. The Kier molecular flexibility index (Phi) is 4.18. The molecule has 7 heteroatoms. The van der Waals surface area contributed by atoms with E-state index in [1.807, 2.05) is 42.5 Å². The van der Waals surface area contributed by atoms with E-state index in [0.717, 1.165) is 16.9 Å². The molecule has 1 aliphatic heterocycles. The van der Waals surface area contributed by atoms with Crippen LogP contribution in [0, 0.1) is 0 Å². The first kappa shape index (κ1) is 16.0. The topological polar surface area (TPSA) is 85.5 Å². The minimum Gasteiger partial charge on any atom is -0.496 e. The van der Waals surface area contributed by atoms with Crippen molar-refractivity contribution in [3.05, 3.63) is 59.8 Å². The van der Waals surface area contributed by atoms with Crippen molar-refractivity contribution in [1.29, 1.82) is 0 Å². The first-order valence-corrected chi connectivity index (χ1v) is 8.10. The normalized spacial score (nSPS) is 12.0. The SMILES string of the molecule is COc1ccccc1-c1cc(C(=O)NCc2ccc3c(c2)OCO3)[nH]n1. The molecular weight excluding hydrogens is 334 g/mol. The van der Waals surface area contributed by atoms with Crippen LogP contribution in [0.25, 0.3) is 11.3 Å². The highest BCUT2D eigenvalue weighted by molar-refractivity contribution is 5.93. The van der Waals surface area contributed by atoms with E-state index in [4.69, 9.17) is 14.2 Å². The molecule has 0 aliphatic carbocycles. The Morgan fingerprint density at radius 2 is 2.04 bits per heavy atom. The number of nitrogens with one attached hydrogen (secondary N) is 2. The largest absolute Gasteiger partial charge is 0.496 e. The van der Waals surface area contributed by atoms with Crippen molar-refractivity contribution < 1.29 is 19.0 Å². The molecule has 0 fully saturated rings. The second-order valence-electron chi connectivity index (χ2n) is 5.74. The van der Waals surface area contributed by atoms with Crippen LogP contribution < -0.4 is 19.5 Å². The summed E-state index contributed by atoms with van der Waals surface area (Å²) in [7, 11) is 1.60. The summed E-state index contributed by atoms with van der Waals surface area (Å²) in [6.45, 7) is 0.601. The molecule has 2 N–H and O–H groups in total. The van der Waals surface area contributed by atoms with E-state index in [2.05, 4.69) is 15.5 Å². The standard InChI is InChI=1S/C19H17N3O4/c1-24-16-5-3-2-4-13(16)14-9-15(22-21-14)19(23)20-10-12-6-7-17-18(8-12)26-11-25-17/h2-9H,10-11H2,1H3,(H,20,23)(H,21,22). The number of rotatable bonds is 5. The molecule has 2 heterocycles. The van der Waals surface area contributed by atoms with Crippen molar-refractivity contribution in [3.8, 4) is 28.5 Å². The Morgan fingerprint density at radius 1 is 1.19 bits per heavy atom. The van der Waals surface area contributed by atoms with Gasteiger partial charge in [0.05, 0.1) is 12.8 Å². The fourth-order valence-electron chi connectivity index (χ4n) is 2.76. The van der Waals surface area contributed by atoms with Gasteiger partial charge in [-0.2, -0.15) is 5.10 Å². The monoisotopic (exact) mass is 351 g/mol. The second-order valence-corrected chi connectivity index (χ2v) is 5.74. The minimum absolute atomic E-state index is 0.227. The predicted molar refractivity (Wildman–Crippen MR) is 94.3 cm³/mol. The summed E-state index contributed by atoms with van der Waals surface area (Å²) in [5.74, 6) is 1.87. The molecule has 0 bridgehead atoms. The number of carbonyl (C=O) groups excluding carboxylic acids is 1. The zero-order valence-corrected chi connectivity index (χ0v) is 14.1. The highest BCUT2D eigenvalue weighted by Gasteiger charge is 2.15. The number of hydrogen-bond acceptors (Lipinski definition) is 5. The van der Waals surface area contributed by atoms with Crippen LogP contribution in [0.4, 0.5) is 0 Å². The molecule has 2 aromatic carbocycles. The third-order valence-corrected chi connectivity index (χ3v) is 4.10. The molecule has 7 nitrogen and oxygen atoms in total. The Labute approximate surface area is 149 Å². The molecule has 0 atom stereocenters. The number of para-hydroxylation sites is 1. The van der Waals surface area contributed by atoms with Crippen LogP contribution in [-0.4, -0.2) is 30.0 Å². The number of carbonyl (C=O) groups is 1. The van der Waals surface area contributed by atoms with E-state index in [9.17, 15) is 4.79 Å². The lowest BCUT2D eigenvalue weighted by Crippen LogP contribution is -2.23. The Morgan fingerprint density at radius 3 is 2.92 bits per heavy atom. The maximum absolute atomic E-state index is 12.4. The Bertz CT molecular complexity index is 951. The van der Waals surface area contributed by atoms with E-state index in [-0.39, 0.29) is 12.7 Å². The molecule has 0 unspecified atom stereocenters. The molecule has 0 saturated heterocycles. The molecule has 3 aromatic rings. The number of hydrogen-bond donors (Lipinski definition) is 2. The first-order valence-electron chi connectivity index (χ1n) is 8.10. The van der Waals surface area contributed by atoms with Crippen molar-refractivity contribution in [2.75, 3.05) is 13.9 Å². The lowest BCUT2D eigenvalue weighted by molar-refractivity contribution is 0.0946. The number of aromatic amines is 1. The molecule has 1 aliphatic rings. The average Bonchev–Trinajstić information content (AvgIpc) is 3.35. The van der Waals surface area contributed by atoms with Crippen LogP contribution in [0.1, 0.15) is 16.1 Å². The molecule has 4 rings (SSSR count). The van der Waals surface area contributed by atoms with Gasteiger partial charge in [-0.3, -0.25) is 9.89 Å². The van der Waals surface area contributed by atoms with E-state index in [1.54, 1.807) is 13.2 Å². The number of fused-ring (bicyclic) bond motifs is 1. The first-order chi connectivity index (χ1) is 12.7. The van der Waals surface area contributed by atoms with Crippen molar-refractivity contribution in [1.82, 2.24) is 15.5 Å². The number of H-pyrrole nitrogens is 1. The molecule has 1 aromatic heterocycles. The molecular formula is C19H17N3O4.